The summed E-state index contributed by atoms with van der Waals surface area (Å²) in [6.07, 6.45) is 3.71. The van der Waals surface area contributed by atoms with E-state index in [0.717, 1.165) is 19.0 Å². The van der Waals surface area contributed by atoms with Gasteiger partial charge in [0.05, 0.1) is 11.3 Å². The summed E-state index contributed by atoms with van der Waals surface area (Å²) in [5.74, 6) is -1.57. The summed E-state index contributed by atoms with van der Waals surface area (Å²) in [6, 6.07) is 11.2. The quantitative estimate of drug-likeness (QED) is 0.770. The van der Waals surface area contributed by atoms with Crippen molar-refractivity contribution in [2.75, 3.05) is 16.8 Å². The second kappa shape index (κ2) is 7.11. The van der Waals surface area contributed by atoms with Crippen LogP contribution in [0.2, 0.25) is 0 Å². The van der Waals surface area contributed by atoms with Crippen molar-refractivity contribution in [1.82, 2.24) is 9.97 Å². The number of amides is 1. The van der Waals surface area contributed by atoms with E-state index in [0.29, 0.717) is 18.6 Å². The van der Waals surface area contributed by atoms with Gasteiger partial charge in [-0.3, -0.25) is 4.79 Å². The van der Waals surface area contributed by atoms with E-state index in [1.165, 1.54) is 29.6 Å². The van der Waals surface area contributed by atoms with Gasteiger partial charge in [-0.1, -0.05) is 24.3 Å². The molecule has 3 aromatic rings. The van der Waals surface area contributed by atoms with Crippen LogP contribution in [0.4, 0.5) is 20.4 Å². The lowest BCUT2D eigenvalue weighted by molar-refractivity contribution is 0.102. The van der Waals surface area contributed by atoms with Gasteiger partial charge in [0.15, 0.2) is 0 Å². The van der Waals surface area contributed by atoms with Crippen molar-refractivity contribution in [2.45, 2.75) is 13.0 Å². The molecule has 27 heavy (non-hydrogen) atoms. The number of carbonyl (C=O) groups is 1. The summed E-state index contributed by atoms with van der Waals surface area (Å²) in [5, 5.41) is 2.39. The van der Waals surface area contributed by atoms with Crippen LogP contribution < -0.4 is 10.2 Å². The van der Waals surface area contributed by atoms with Gasteiger partial charge in [0.25, 0.3) is 5.91 Å². The number of nitrogens with one attached hydrogen (secondary N) is 1. The Morgan fingerprint density at radius 2 is 1.78 bits per heavy atom. The molecule has 1 aliphatic heterocycles. The lowest BCUT2D eigenvalue weighted by Crippen LogP contribution is -2.31. The molecule has 0 fully saturated rings. The van der Waals surface area contributed by atoms with Gasteiger partial charge in [0.1, 0.15) is 11.6 Å². The first kappa shape index (κ1) is 17.1. The third-order valence-electron chi connectivity index (χ3n) is 4.49. The van der Waals surface area contributed by atoms with Crippen LogP contribution in [0.25, 0.3) is 0 Å². The van der Waals surface area contributed by atoms with E-state index in [4.69, 9.17) is 0 Å². The second-order valence-corrected chi connectivity index (χ2v) is 6.29. The molecule has 0 atom stereocenters. The molecule has 0 unspecified atom stereocenters. The molecule has 1 amide bonds. The van der Waals surface area contributed by atoms with Crippen LogP contribution in [0.1, 0.15) is 21.5 Å². The minimum absolute atomic E-state index is 0.0990. The van der Waals surface area contributed by atoms with Gasteiger partial charge in [-0.15, -0.1) is 0 Å². The highest BCUT2D eigenvalue weighted by Gasteiger charge is 2.18. The zero-order chi connectivity index (χ0) is 18.8. The SMILES string of the molecule is O=C(Nc1ccc(F)cc1F)c1cnc(N2CCc3ccccc3C2)nc1. The maximum absolute atomic E-state index is 13.7. The fourth-order valence-electron chi connectivity index (χ4n) is 3.05. The van der Waals surface area contributed by atoms with Crippen LogP contribution in [0, 0.1) is 11.6 Å². The molecule has 136 valence electrons. The number of benzene rings is 2. The number of carbonyl (C=O) groups excluding carboxylic acids is 1. The fourth-order valence-corrected chi connectivity index (χ4v) is 3.05. The van der Waals surface area contributed by atoms with E-state index in [1.54, 1.807) is 0 Å². The Bertz CT molecular complexity index is 992. The first-order valence-electron chi connectivity index (χ1n) is 8.50. The highest BCUT2D eigenvalue weighted by Crippen LogP contribution is 2.22. The summed E-state index contributed by atoms with van der Waals surface area (Å²) in [4.78, 5) is 22.8. The zero-order valence-electron chi connectivity index (χ0n) is 14.3. The number of anilines is 2. The number of halogens is 2. The number of aromatic nitrogens is 2. The van der Waals surface area contributed by atoms with E-state index < -0.39 is 17.5 Å². The summed E-state index contributed by atoms with van der Waals surface area (Å²) in [5.41, 5.74) is 2.66. The number of rotatable bonds is 3. The van der Waals surface area contributed by atoms with Crippen LogP contribution >= 0.6 is 0 Å². The van der Waals surface area contributed by atoms with Crippen molar-refractivity contribution in [2.24, 2.45) is 0 Å². The average Bonchev–Trinajstić information content (AvgIpc) is 2.70. The zero-order valence-corrected chi connectivity index (χ0v) is 14.3. The van der Waals surface area contributed by atoms with E-state index in [2.05, 4.69) is 27.4 Å². The molecule has 0 saturated carbocycles. The van der Waals surface area contributed by atoms with Crippen LogP contribution in [0.3, 0.4) is 0 Å². The Kier molecular flexibility index (Phi) is 4.50. The lowest BCUT2D eigenvalue weighted by atomic mass is 10.0. The maximum Gasteiger partial charge on any atom is 0.258 e. The molecule has 2 heterocycles. The van der Waals surface area contributed by atoms with Crippen LogP contribution in [0.15, 0.2) is 54.9 Å². The van der Waals surface area contributed by atoms with Gasteiger partial charge >= 0.3 is 0 Å². The third-order valence-corrected chi connectivity index (χ3v) is 4.49. The number of hydrogen-bond donors (Lipinski definition) is 1. The molecule has 5 nitrogen and oxygen atoms in total. The van der Waals surface area contributed by atoms with Crippen LogP contribution in [-0.2, 0) is 13.0 Å². The minimum atomic E-state index is -0.840. The molecule has 4 rings (SSSR count). The molecule has 0 aliphatic carbocycles. The monoisotopic (exact) mass is 366 g/mol. The van der Waals surface area contributed by atoms with Crippen molar-refractivity contribution >= 4 is 17.5 Å². The molecule has 0 bridgehead atoms. The molecule has 1 aromatic heterocycles. The first-order valence-corrected chi connectivity index (χ1v) is 8.50. The molecule has 0 spiro atoms. The standard InChI is InChI=1S/C20H16F2N4O/c21-16-5-6-18(17(22)9-16)25-19(27)15-10-23-20(24-11-15)26-8-7-13-3-1-2-4-14(13)12-26/h1-6,9-11H,7-8,12H2,(H,25,27). The largest absolute Gasteiger partial charge is 0.336 e. The summed E-state index contributed by atoms with van der Waals surface area (Å²) in [7, 11) is 0. The number of nitrogens with zero attached hydrogens (tertiary/aromatic N) is 3. The van der Waals surface area contributed by atoms with Gasteiger partial charge in [-0.25, -0.2) is 18.7 Å². The Labute approximate surface area is 154 Å². The Morgan fingerprint density at radius 3 is 2.52 bits per heavy atom. The number of fused-ring (bicyclic) bond motifs is 1. The van der Waals surface area contributed by atoms with Crippen LogP contribution in [-0.4, -0.2) is 22.4 Å². The van der Waals surface area contributed by atoms with E-state index in [9.17, 15) is 13.6 Å². The normalized spacial score (nSPS) is 13.2. The van der Waals surface area contributed by atoms with Gasteiger partial charge < -0.3 is 10.2 Å². The van der Waals surface area contributed by atoms with Crippen molar-refractivity contribution in [3.05, 3.63) is 83.2 Å². The van der Waals surface area contributed by atoms with Crippen molar-refractivity contribution in [3.63, 3.8) is 0 Å². The van der Waals surface area contributed by atoms with Gasteiger partial charge in [0, 0.05) is 31.5 Å². The predicted molar refractivity (Wildman–Crippen MR) is 97.5 cm³/mol. The Hall–Kier alpha value is -3.35. The van der Waals surface area contributed by atoms with Crippen LogP contribution in [0.5, 0.6) is 0 Å². The van der Waals surface area contributed by atoms with Crippen molar-refractivity contribution in [1.29, 1.82) is 0 Å². The molecule has 0 radical (unpaired) electrons. The molecule has 1 aliphatic rings. The molecule has 7 heteroatoms. The van der Waals surface area contributed by atoms with Crippen molar-refractivity contribution in [3.8, 4) is 0 Å². The van der Waals surface area contributed by atoms with E-state index in [1.807, 2.05) is 17.0 Å². The summed E-state index contributed by atoms with van der Waals surface area (Å²) >= 11 is 0. The summed E-state index contributed by atoms with van der Waals surface area (Å²) in [6.45, 7) is 1.51. The van der Waals surface area contributed by atoms with Gasteiger partial charge in [0.2, 0.25) is 5.95 Å². The topological polar surface area (TPSA) is 58.1 Å². The maximum atomic E-state index is 13.7. The van der Waals surface area contributed by atoms with Gasteiger partial charge in [-0.2, -0.15) is 0 Å². The lowest BCUT2D eigenvalue weighted by Gasteiger charge is -2.28. The number of hydrogen-bond acceptors (Lipinski definition) is 4. The minimum Gasteiger partial charge on any atom is -0.336 e. The van der Waals surface area contributed by atoms with E-state index in [-0.39, 0.29) is 11.3 Å². The average molecular weight is 366 g/mol. The molecule has 1 N–H and O–H groups in total. The predicted octanol–water partition coefficient (Wildman–Crippen LogP) is 3.57. The molecule has 0 saturated heterocycles. The fraction of sp³-hybridized carbons (Fsp3) is 0.150. The third kappa shape index (κ3) is 3.62. The Balaban J connectivity index is 1.47. The molecular formula is C20H16F2N4O. The smallest absolute Gasteiger partial charge is 0.258 e. The molecular weight excluding hydrogens is 350 g/mol. The van der Waals surface area contributed by atoms with Crippen molar-refractivity contribution < 1.29 is 13.6 Å². The Morgan fingerprint density at radius 1 is 1.04 bits per heavy atom. The summed E-state index contributed by atoms with van der Waals surface area (Å²) < 4.78 is 26.6. The highest BCUT2D eigenvalue weighted by molar-refractivity contribution is 6.03. The first-order chi connectivity index (χ1) is 13.1. The van der Waals surface area contributed by atoms with E-state index >= 15 is 0 Å². The highest BCUT2D eigenvalue weighted by atomic mass is 19.1. The van der Waals surface area contributed by atoms with Gasteiger partial charge in [-0.05, 0) is 29.7 Å². The second-order valence-electron chi connectivity index (χ2n) is 6.29. The molecule has 2 aromatic carbocycles.